The fourth-order valence-electron chi connectivity index (χ4n) is 3.62. The van der Waals surface area contributed by atoms with Gasteiger partial charge in [-0.25, -0.2) is 4.68 Å². The molecule has 0 fully saturated rings. The maximum absolute atomic E-state index is 10.6. The normalized spacial score (nSPS) is 12.5. The van der Waals surface area contributed by atoms with Crippen LogP contribution in [0.25, 0.3) is 11.3 Å². The summed E-state index contributed by atoms with van der Waals surface area (Å²) >= 11 is 6.38. The Morgan fingerprint density at radius 3 is 2.47 bits per heavy atom. The van der Waals surface area contributed by atoms with Crippen molar-refractivity contribution in [1.82, 2.24) is 14.7 Å². The molecular weight excluding hydrogens is 454 g/mol. The maximum Gasteiger partial charge on any atom is 0.222 e. The second-order valence-electron chi connectivity index (χ2n) is 8.42. The predicted molar refractivity (Wildman–Crippen MR) is 134 cm³/mol. The summed E-state index contributed by atoms with van der Waals surface area (Å²) in [5.74, 6) is 1.16. The Hall–Kier alpha value is -2.42. The van der Waals surface area contributed by atoms with Crippen molar-refractivity contribution in [3.05, 3.63) is 65.2 Å². The number of halogens is 1. The molecule has 1 N–H and O–H groups in total. The molecule has 2 aromatic carbocycles. The first-order valence-corrected chi connectivity index (χ1v) is 11.8. The van der Waals surface area contributed by atoms with Crippen LogP contribution < -0.4 is 4.74 Å². The molecule has 1 atom stereocenters. The van der Waals surface area contributed by atoms with Gasteiger partial charge < -0.3 is 19.3 Å². The number of hydrogen-bond acceptors (Lipinski definition) is 6. The molecule has 3 rings (SSSR count). The summed E-state index contributed by atoms with van der Waals surface area (Å²) in [5.41, 5.74) is 2.71. The standard InChI is InChI=1S/C26H34ClN3O4/c1-19(2)33-18-21(31)16-30(14-15-32-4)17-22-25(20-10-6-5-7-11-20)28-29(3)26(22)34-24-13-9-8-12-23(24)27/h5-13,19,21,31H,14-18H2,1-4H3/t21-/m0/s1. The van der Waals surface area contributed by atoms with Crippen molar-refractivity contribution < 1.29 is 19.3 Å². The topological polar surface area (TPSA) is 69.0 Å². The highest BCUT2D eigenvalue weighted by Gasteiger charge is 2.24. The van der Waals surface area contributed by atoms with Crippen LogP contribution in [0.1, 0.15) is 19.4 Å². The number of benzene rings is 2. The van der Waals surface area contributed by atoms with Crippen molar-refractivity contribution in [2.75, 3.05) is 33.4 Å². The van der Waals surface area contributed by atoms with Crippen molar-refractivity contribution in [2.24, 2.45) is 7.05 Å². The molecule has 1 heterocycles. The van der Waals surface area contributed by atoms with E-state index in [1.165, 1.54) is 0 Å². The lowest BCUT2D eigenvalue weighted by molar-refractivity contribution is -0.0121. The lowest BCUT2D eigenvalue weighted by Gasteiger charge is -2.25. The monoisotopic (exact) mass is 487 g/mol. The highest BCUT2D eigenvalue weighted by molar-refractivity contribution is 6.32. The van der Waals surface area contributed by atoms with Crippen LogP contribution in [-0.4, -0.2) is 65.4 Å². The number of ether oxygens (including phenoxy) is 3. The fourth-order valence-corrected chi connectivity index (χ4v) is 3.79. The Morgan fingerprint density at radius 2 is 1.79 bits per heavy atom. The number of aromatic nitrogens is 2. The third-order valence-corrected chi connectivity index (χ3v) is 5.57. The minimum Gasteiger partial charge on any atom is -0.437 e. The number of rotatable bonds is 13. The number of aliphatic hydroxyl groups is 1. The van der Waals surface area contributed by atoms with E-state index in [1.54, 1.807) is 17.9 Å². The van der Waals surface area contributed by atoms with Crippen LogP contribution in [0.5, 0.6) is 11.6 Å². The Labute approximate surface area is 206 Å². The number of nitrogens with zero attached hydrogens (tertiary/aromatic N) is 3. The number of hydrogen-bond donors (Lipinski definition) is 1. The number of aliphatic hydroxyl groups excluding tert-OH is 1. The summed E-state index contributed by atoms with van der Waals surface area (Å²) in [4.78, 5) is 2.13. The third-order valence-electron chi connectivity index (χ3n) is 5.26. The maximum atomic E-state index is 10.6. The SMILES string of the molecule is COCCN(Cc1c(-c2ccccc2)nn(C)c1Oc1ccccc1Cl)C[C@H](O)COC(C)C. The average Bonchev–Trinajstić information content (AvgIpc) is 3.13. The summed E-state index contributed by atoms with van der Waals surface area (Å²) < 4.78 is 19.0. The summed E-state index contributed by atoms with van der Waals surface area (Å²) in [5, 5.41) is 15.9. The molecule has 0 aliphatic carbocycles. The van der Waals surface area contributed by atoms with Gasteiger partial charge in [-0.15, -0.1) is 0 Å². The third kappa shape index (κ3) is 7.29. The Kier molecular flexibility index (Phi) is 9.92. The van der Waals surface area contributed by atoms with E-state index < -0.39 is 6.10 Å². The second-order valence-corrected chi connectivity index (χ2v) is 8.83. The Balaban J connectivity index is 1.95. The first-order valence-electron chi connectivity index (χ1n) is 11.4. The van der Waals surface area contributed by atoms with Gasteiger partial charge in [0.15, 0.2) is 0 Å². The molecular formula is C26H34ClN3O4. The molecule has 0 unspecified atom stereocenters. The van der Waals surface area contributed by atoms with Gasteiger partial charge in [0.25, 0.3) is 0 Å². The summed E-state index contributed by atoms with van der Waals surface area (Å²) in [6.07, 6.45) is -0.579. The van der Waals surface area contributed by atoms with E-state index in [1.807, 2.05) is 69.4 Å². The van der Waals surface area contributed by atoms with E-state index in [4.69, 9.17) is 30.9 Å². The lowest BCUT2D eigenvalue weighted by atomic mass is 10.1. The largest absolute Gasteiger partial charge is 0.437 e. The van der Waals surface area contributed by atoms with Crippen molar-refractivity contribution >= 4 is 11.6 Å². The van der Waals surface area contributed by atoms with Gasteiger partial charge in [-0.2, -0.15) is 5.10 Å². The van der Waals surface area contributed by atoms with Crippen molar-refractivity contribution in [2.45, 2.75) is 32.6 Å². The van der Waals surface area contributed by atoms with Crippen LogP contribution in [0.2, 0.25) is 5.02 Å². The minimum atomic E-state index is -0.635. The Morgan fingerprint density at radius 1 is 1.09 bits per heavy atom. The van der Waals surface area contributed by atoms with Crippen LogP contribution >= 0.6 is 11.6 Å². The molecule has 0 aliphatic heterocycles. The quantitative estimate of drug-likeness (QED) is 0.374. The lowest BCUT2D eigenvalue weighted by Crippen LogP contribution is -2.37. The van der Waals surface area contributed by atoms with Crippen LogP contribution in [-0.2, 0) is 23.1 Å². The van der Waals surface area contributed by atoms with E-state index in [2.05, 4.69) is 4.90 Å². The molecule has 1 aromatic heterocycles. The van der Waals surface area contributed by atoms with Gasteiger partial charge in [0.2, 0.25) is 5.88 Å². The van der Waals surface area contributed by atoms with E-state index in [-0.39, 0.29) is 12.7 Å². The number of methoxy groups -OCH3 is 1. The molecule has 0 saturated carbocycles. The van der Waals surface area contributed by atoms with Gasteiger partial charge >= 0.3 is 0 Å². The van der Waals surface area contributed by atoms with Crippen LogP contribution in [0.15, 0.2) is 54.6 Å². The van der Waals surface area contributed by atoms with Crippen LogP contribution in [0.3, 0.4) is 0 Å². The first-order chi connectivity index (χ1) is 16.4. The molecule has 0 saturated heterocycles. The highest BCUT2D eigenvalue weighted by Crippen LogP contribution is 2.36. The molecule has 184 valence electrons. The molecule has 0 bridgehead atoms. The molecule has 34 heavy (non-hydrogen) atoms. The molecule has 0 amide bonds. The van der Waals surface area contributed by atoms with Gasteiger partial charge in [-0.3, -0.25) is 4.90 Å². The van der Waals surface area contributed by atoms with Crippen LogP contribution in [0.4, 0.5) is 0 Å². The van der Waals surface area contributed by atoms with Gasteiger partial charge in [0.05, 0.1) is 36.0 Å². The fraction of sp³-hybridized carbons (Fsp3) is 0.423. The minimum absolute atomic E-state index is 0.0562. The summed E-state index contributed by atoms with van der Waals surface area (Å²) in [7, 11) is 3.52. The molecule has 0 spiro atoms. The second kappa shape index (κ2) is 12.9. The number of para-hydroxylation sites is 1. The summed E-state index contributed by atoms with van der Waals surface area (Å²) in [6, 6.07) is 17.4. The first kappa shape index (κ1) is 26.2. The van der Waals surface area contributed by atoms with Crippen molar-refractivity contribution in [3.63, 3.8) is 0 Å². The summed E-state index contributed by atoms with van der Waals surface area (Å²) in [6.45, 7) is 6.25. The van der Waals surface area contributed by atoms with Gasteiger partial charge in [-0.05, 0) is 26.0 Å². The van der Waals surface area contributed by atoms with E-state index in [9.17, 15) is 5.11 Å². The average molecular weight is 488 g/mol. The highest BCUT2D eigenvalue weighted by atomic mass is 35.5. The molecule has 0 aliphatic rings. The van der Waals surface area contributed by atoms with Gasteiger partial charge in [0, 0.05) is 39.4 Å². The van der Waals surface area contributed by atoms with Crippen LogP contribution in [0, 0.1) is 0 Å². The van der Waals surface area contributed by atoms with Crippen molar-refractivity contribution in [3.8, 4) is 22.9 Å². The molecule has 0 radical (unpaired) electrons. The zero-order valence-electron chi connectivity index (χ0n) is 20.3. The molecule has 8 heteroatoms. The zero-order valence-corrected chi connectivity index (χ0v) is 21.0. The molecule has 3 aromatic rings. The number of aryl methyl sites for hydroxylation is 1. The van der Waals surface area contributed by atoms with Gasteiger partial charge in [0.1, 0.15) is 11.4 Å². The van der Waals surface area contributed by atoms with Gasteiger partial charge in [-0.1, -0.05) is 54.1 Å². The Bertz CT molecular complexity index is 1030. The van der Waals surface area contributed by atoms with Crippen molar-refractivity contribution in [1.29, 1.82) is 0 Å². The van der Waals surface area contributed by atoms with E-state index >= 15 is 0 Å². The van der Waals surface area contributed by atoms with E-state index in [0.29, 0.717) is 42.9 Å². The van der Waals surface area contributed by atoms with E-state index in [0.717, 1.165) is 16.8 Å². The zero-order chi connectivity index (χ0) is 24.5. The smallest absolute Gasteiger partial charge is 0.222 e. The predicted octanol–water partition coefficient (Wildman–Crippen LogP) is 4.77. The molecule has 7 nitrogen and oxygen atoms in total.